The summed E-state index contributed by atoms with van der Waals surface area (Å²) in [5.41, 5.74) is 2.85. The smallest absolute Gasteiger partial charge is 0.263 e. The van der Waals surface area contributed by atoms with E-state index in [0.29, 0.717) is 21.7 Å². The molecule has 0 atom stereocenters. The molecular formula is C21H17ClN4O2S. The highest BCUT2D eigenvalue weighted by atomic mass is 35.5. The maximum Gasteiger partial charge on any atom is 0.263 e. The van der Waals surface area contributed by atoms with Crippen molar-refractivity contribution in [3.05, 3.63) is 83.4 Å². The van der Waals surface area contributed by atoms with E-state index in [9.17, 15) is 8.42 Å². The molecule has 0 amide bonds. The first-order valence-corrected chi connectivity index (χ1v) is 10.7. The fourth-order valence-corrected chi connectivity index (χ4v) is 4.00. The Morgan fingerprint density at radius 1 is 0.828 bits per heavy atom. The van der Waals surface area contributed by atoms with Crippen LogP contribution >= 0.6 is 11.6 Å². The molecular weight excluding hydrogens is 408 g/mol. The van der Waals surface area contributed by atoms with E-state index in [-0.39, 0.29) is 16.5 Å². The predicted octanol–water partition coefficient (Wildman–Crippen LogP) is 5.14. The zero-order valence-corrected chi connectivity index (χ0v) is 17.0. The molecule has 0 saturated carbocycles. The summed E-state index contributed by atoms with van der Waals surface area (Å²) in [4.78, 5) is 9.20. The van der Waals surface area contributed by atoms with Crippen LogP contribution < -0.4 is 10.0 Å². The Bertz CT molecular complexity index is 1290. The van der Waals surface area contributed by atoms with Crippen molar-refractivity contribution in [2.75, 3.05) is 10.0 Å². The molecule has 0 unspecified atom stereocenters. The number of halogens is 1. The maximum absolute atomic E-state index is 12.8. The summed E-state index contributed by atoms with van der Waals surface area (Å²) in [5.74, 6) is 0.389. The van der Waals surface area contributed by atoms with Crippen LogP contribution in [-0.2, 0) is 10.0 Å². The van der Waals surface area contributed by atoms with E-state index in [2.05, 4.69) is 20.0 Å². The summed E-state index contributed by atoms with van der Waals surface area (Å²) in [7, 11) is -3.83. The molecule has 0 radical (unpaired) electrons. The number of aryl methyl sites for hydroxylation is 1. The molecule has 0 saturated heterocycles. The van der Waals surface area contributed by atoms with Gasteiger partial charge in [-0.05, 0) is 48.9 Å². The second-order valence-corrected chi connectivity index (χ2v) is 8.53. The van der Waals surface area contributed by atoms with Crippen molar-refractivity contribution in [1.29, 1.82) is 0 Å². The van der Waals surface area contributed by atoms with Gasteiger partial charge in [0.15, 0.2) is 11.6 Å². The first-order valence-electron chi connectivity index (χ1n) is 8.80. The van der Waals surface area contributed by atoms with Crippen molar-refractivity contribution in [2.24, 2.45) is 0 Å². The molecule has 1 heterocycles. The molecule has 3 aromatic carbocycles. The molecule has 0 aliphatic rings. The molecule has 6 nitrogen and oxygen atoms in total. The van der Waals surface area contributed by atoms with E-state index >= 15 is 0 Å². The van der Waals surface area contributed by atoms with Crippen molar-refractivity contribution in [2.45, 2.75) is 11.8 Å². The average molecular weight is 425 g/mol. The molecule has 0 aliphatic carbocycles. The van der Waals surface area contributed by atoms with Gasteiger partial charge in [-0.25, -0.2) is 18.4 Å². The minimum absolute atomic E-state index is 0.104. The number of sulfonamides is 1. The second kappa shape index (κ2) is 7.69. The number of hydrogen-bond donors (Lipinski definition) is 2. The van der Waals surface area contributed by atoms with E-state index in [0.717, 1.165) is 5.56 Å². The predicted molar refractivity (Wildman–Crippen MR) is 116 cm³/mol. The lowest BCUT2D eigenvalue weighted by Crippen LogP contribution is -2.16. The Kier molecular flexibility index (Phi) is 5.08. The Hall–Kier alpha value is -3.16. The highest BCUT2D eigenvalue weighted by Crippen LogP contribution is 2.29. The number of hydrogen-bond acceptors (Lipinski definition) is 5. The number of benzene rings is 3. The van der Waals surface area contributed by atoms with Crippen LogP contribution in [0.15, 0.2) is 77.7 Å². The molecule has 146 valence electrons. The summed E-state index contributed by atoms with van der Waals surface area (Å²) in [6.07, 6.45) is 0. The maximum atomic E-state index is 12.8. The highest BCUT2D eigenvalue weighted by molar-refractivity contribution is 7.92. The number of fused-ring (bicyclic) bond motifs is 1. The third-order valence-electron chi connectivity index (χ3n) is 4.31. The van der Waals surface area contributed by atoms with E-state index in [1.54, 1.807) is 36.4 Å². The minimum Gasteiger partial charge on any atom is -0.337 e. The fourth-order valence-electron chi connectivity index (χ4n) is 2.80. The lowest BCUT2D eigenvalue weighted by Gasteiger charge is -2.15. The van der Waals surface area contributed by atoms with Gasteiger partial charge in [0.25, 0.3) is 10.0 Å². The van der Waals surface area contributed by atoms with Gasteiger partial charge in [-0.3, -0.25) is 4.72 Å². The second-order valence-electron chi connectivity index (χ2n) is 6.41. The van der Waals surface area contributed by atoms with Crippen molar-refractivity contribution in [3.8, 4) is 0 Å². The Labute approximate surface area is 173 Å². The van der Waals surface area contributed by atoms with Crippen molar-refractivity contribution in [3.63, 3.8) is 0 Å². The summed E-state index contributed by atoms with van der Waals surface area (Å²) < 4.78 is 28.2. The zero-order chi connectivity index (χ0) is 20.4. The summed E-state index contributed by atoms with van der Waals surface area (Å²) in [6, 6.07) is 20.8. The number of rotatable bonds is 5. The molecule has 0 bridgehead atoms. The molecule has 0 aliphatic heterocycles. The average Bonchev–Trinajstić information content (AvgIpc) is 2.71. The number of aromatic nitrogens is 2. The van der Waals surface area contributed by atoms with Gasteiger partial charge in [0.05, 0.1) is 15.9 Å². The van der Waals surface area contributed by atoms with Crippen molar-refractivity contribution in [1.82, 2.24) is 9.97 Å². The quantitative estimate of drug-likeness (QED) is 0.463. The normalized spacial score (nSPS) is 11.4. The van der Waals surface area contributed by atoms with Crippen molar-refractivity contribution < 1.29 is 8.42 Å². The lowest BCUT2D eigenvalue weighted by molar-refractivity contribution is 0.601. The third-order valence-corrected chi connectivity index (χ3v) is 5.90. The van der Waals surface area contributed by atoms with Crippen LogP contribution in [0.2, 0.25) is 5.02 Å². The third kappa shape index (κ3) is 4.16. The SMILES string of the molecule is Cc1ccc(Cl)cc1Nc1nc2ccccc2nc1NS(=O)(=O)c1ccccc1. The minimum atomic E-state index is -3.83. The molecule has 4 rings (SSSR count). The van der Waals surface area contributed by atoms with Crippen LogP contribution in [0.4, 0.5) is 17.3 Å². The Balaban J connectivity index is 1.81. The number of nitrogens with one attached hydrogen (secondary N) is 2. The molecule has 0 spiro atoms. The van der Waals surface area contributed by atoms with Crippen LogP contribution in [0.3, 0.4) is 0 Å². The van der Waals surface area contributed by atoms with E-state index < -0.39 is 10.0 Å². The molecule has 8 heteroatoms. The Morgan fingerprint density at radius 2 is 1.45 bits per heavy atom. The largest absolute Gasteiger partial charge is 0.337 e. The highest BCUT2D eigenvalue weighted by Gasteiger charge is 2.19. The Morgan fingerprint density at radius 3 is 2.14 bits per heavy atom. The molecule has 0 fully saturated rings. The van der Waals surface area contributed by atoms with Gasteiger partial charge >= 0.3 is 0 Å². The topological polar surface area (TPSA) is 84.0 Å². The van der Waals surface area contributed by atoms with Crippen LogP contribution in [0.5, 0.6) is 0 Å². The standard InChI is InChI=1S/C21H17ClN4O2S/c1-14-11-12-15(22)13-19(14)25-20-21(24-18-10-6-5-9-17(18)23-20)26-29(27,28)16-7-3-2-4-8-16/h2-13H,1H3,(H,23,25)(H,24,26). The van der Waals surface area contributed by atoms with Crippen molar-refractivity contribution >= 4 is 50.0 Å². The summed E-state index contributed by atoms with van der Waals surface area (Å²) in [6.45, 7) is 1.92. The van der Waals surface area contributed by atoms with Gasteiger partial charge in [0.1, 0.15) is 0 Å². The van der Waals surface area contributed by atoms with Gasteiger partial charge in [-0.15, -0.1) is 0 Å². The molecule has 29 heavy (non-hydrogen) atoms. The lowest BCUT2D eigenvalue weighted by atomic mass is 10.2. The summed E-state index contributed by atoms with van der Waals surface area (Å²) in [5, 5.41) is 3.72. The summed E-state index contributed by atoms with van der Waals surface area (Å²) >= 11 is 6.12. The first kappa shape index (κ1) is 19.2. The van der Waals surface area contributed by atoms with Gasteiger partial charge in [-0.2, -0.15) is 0 Å². The van der Waals surface area contributed by atoms with E-state index in [4.69, 9.17) is 11.6 Å². The number of anilines is 3. The van der Waals surface area contributed by atoms with Gasteiger partial charge < -0.3 is 5.32 Å². The number of nitrogens with zero attached hydrogens (tertiary/aromatic N) is 2. The van der Waals surface area contributed by atoms with E-state index in [1.807, 2.05) is 31.2 Å². The zero-order valence-electron chi connectivity index (χ0n) is 15.4. The first-order chi connectivity index (χ1) is 13.9. The molecule has 1 aromatic heterocycles. The van der Waals surface area contributed by atoms with Crippen LogP contribution in [0, 0.1) is 6.92 Å². The van der Waals surface area contributed by atoms with E-state index in [1.165, 1.54) is 12.1 Å². The van der Waals surface area contributed by atoms with Gasteiger partial charge in [0.2, 0.25) is 0 Å². The molecule has 4 aromatic rings. The van der Waals surface area contributed by atoms with Crippen LogP contribution in [0.25, 0.3) is 11.0 Å². The monoisotopic (exact) mass is 424 g/mol. The van der Waals surface area contributed by atoms with Gasteiger partial charge in [-0.1, -0.05) is 48.0 Å². The fraction of sp³-hybridized carbons (Fsp3) is 0.0476. The van der Waals surface area contributed by atoms with Crippen LogP contribution in [0.1, 0.15) is 5.56 Å². The van der Waals surface area contributed by atoms with Crippen LogP contribution in [-0.4, -0.2) is 18.4 Å². The number of para-hydroxylation sites is 2. The molecule has 2 N–H and O–H groups in total. The van der Waals surface area contributed by atoms with Gasteiger partial charge in [0, 0.05) is 10.7 Å².